The van der Waals surface area contributed by atoms with E-state index in [0.29, 0.717) is 13.0 Å². The first-order valence-electron chi connectivity index (χ1n) is 11.6. The topological polar surface area (TPSA) is 55.8 Å². The van der Waals surface area contributed by atoms with Crippen molar-refractivity contribution in [2.24, 2.45) is 0 Å². The Bertz CT molecular complexity index is 440. The summed E-state index contributed by atoms with van der Waals surface area (Å²) in [6.45, 7) is 4.99. The van der Waals surface area contributed by atoms with Crippen LogP contribution in [0.15, 0.2) is 36.5 Å². The predicted molar refractivity (Wildman–Crippen MR) is 122 cm³/mol. The second-order valence-electron chi connectivity index (χ2n) is 7.32. The van der Waals surface area contributed by atoms with Crippen molar-refractivity contribution in [2.75, 3.05) is 19.8 Å². The molecule has 0 aliphatic heterocycles. The number of aliphatic hydroxyl groups excluding tert-OH is 1. The van der Waals surface area contributed by atoms with Crippen LogP contribution in [0, 0.1) is 0 Å². The van der Waals surface area contributed by atoms with Crippen molar-refractivity contribution in [1.29, 1.82) is 0 Å². The Morgan fingerprint density at radius 2 is 1.55 bits per heavy atom. The quantitative estimate of drug-likeness (QED) is 0.146. The number of carbonyl (C=O) groups is 1. The van der Waals surface area contributed by atoms with Crippen molar-refractivity contribution in [3.8, 4) is 0 Å². The highest BCUT2D eigenvalue weighted by atomic mass is 16.6. The van der Waals surface area contributed by atoms with E-state index in [4.69, 9.17) is 9.47 Å². The Morgan fingerprint density at radius 1 is 0.862 bits per heavy atom. The Hall–Kier alpha value is -1.39. The number of ether oxygens (including phenoxy) is 2. The van der Waals surface area contributed by atoms with E-state index in [9.17, 15) is 9.90 Å². The molecule has 0 aliphatic rings. The summed E-state index contributed by atoms with van der Waals surface area (Å²) in [6.07, 6.45) is 25.0. The zero-order valence-corrected chi connectivity index (χ0v) is 18.8. The Morgan fingerprint density at radius 3 is 2.24 bits per heavy atom. The minimum absolute atomic E-state index is 0.184. The van der Waals surface area contributed by atoms with Crippen LogP contribution in [0.1, 0.15) is 90.9 Å². The molecule has 1 N–H and O–H groups in total. The molecule has 0 saturated heterocycles. The molecule has 0 spiro atoms. The maximum Gasteiger partial charge on any atom is 0.306 e. The van der Waals surface area contributed by atoms with E-state index in [1.165, 1.54) is 12.8 Å². The molecular formula is C25H44O4. The minimum atomic E-state index is -0.536. The molecule has 0 saturated carbocycles. The summed E-state index contributed by atoms with van der Waals surface area (Å²) in [7, 11) is 0. The fraction of sp³-hybridized carbons (Fsp3) is 0.720. The molecule has 0 aromatic carbocycles. The van der Waals surface area contributed by atoms with E-state index in [2.05, 4.69) is 50.3 Å². The standard InChI is InChI=1S/C25H44O4/c1-3-5-7-8-9-10-11-12-13-14-15-16-17-19-21-28-23-24(22-26)29-25(27)20-18-6-4-2/h5,7,9-10,12-13,24,26H,3-4,6,8,11,14-23H2,1-2H3/b7-5-,10-9-,13-12-. The second kappa shape index (κ2) is 22.9. The molecule has 0 bridgehead atoms. The summed E-state index contributed by atoms with van der Waals surface area (Å²) in [4.78, 5) is 11.7. The number of hydrogen-bond donors (Lipinski definition) is 1. The molecule has 1 atom stereocenters. The van der Waals surface area contributed by atoms with Gasteiger partial charge in [-0.1, -0.05) is 76.0 Å². The molecule has 1 unspecified atom stereocenters. The molecule has 0 amide bonds. The van der Waals surface area contributed by atoms with Crippen LogP contribution in [0.3, 0.4) is 0 Å². The molecule has 0 rings (SSSR count). The third kappa shape index (κ3) is 21.1. The van der Waals surface area contributed by atoms with Crippen LogP contribution in [0.2, 0.25) is 0 Å². The lowest BCUT2D eigenvalue weighted by atomic mass is 10.1. The van der Waals surface area contributed by atoms with Crippen molar-refractivity contribution in [2.45, 2.75) is 97.0 Å². The number of unbranched alkanes of at least 4 members (excludes halogenated alkanes) is 6. The van der Waals surface area contributed by atoms with Gasteiger partial charge in [-0.15, -0.1) is 0 Å². The summed E-state index contributed by atoms with van der Waals surface area (Å²) in [6, 6.07) is 0. The van der Waals surface area contributed by atoms with Crippen LogP contribution in [0.25, 0.3) is 0 Å². The van der Waals surface area contributed by atoms with E-state index < -0.39 is 6.10 Å². The third-order valence-electron chi connectivity index (χ3n) is 4.48. The molecule has 168 valence electrons. The molecule has 0 radical (unpaired) electrons. The normalized spacial score (nSPS) is 13.1. The monoisotopic (exact) mass is 408 g/mol. The third-order valence-corrected chi connectivity index (χ3v) is 4.48. The summed E-state index contributed by atoms with van der Waals surface area (Å²) < 4.78 is 10.8. The summed E-state index contributed by atoms with van der Waals surface area (Å²) in [5.74, 6) is -0.238. The van der Waals surface area contributed by atoms with E-state index in [1.54, 1.807) is 0 Å². The van der Waals surface area contributed by atoms with Gasteiger partial charge in [0.25, 0.3) is 0 Å². The van der Waals surface area contributed by atoms with Crippen molar-refractivity contribution in [1.82, 2.24) is 0 Å². The summed E-state index contributed by atoms with van der Waals surface area (Å²) >= 11 is 0. The van der Waals surface area contributed by atoms with Gasteiger partial charge in [-0.3, -0.25) is 4.79 Å². The van der Waals surface area contributed by atoms with Crippen LogP contribution in [0.4, 0.5) is 0 Å². The number of hydrogen-bond acceptors (Lipinski definition) is 4. The Labute approximate surface area is 179 Å². The largest absolute Gasteiger partial charge is 0.457 e. The average Bonchev–Trinajstić information content (AvgIpc) is 2.72. The fourth-order valence-corrected chi connectivity index (χ4v) is 2.75. The van der Waals surface area contributed by atoms with Crippen LogP contribution < -0.4 is 0 Å². The van der Waals surface area contributed by atoms with Gasteiger partial charge in [0.05, 0.1) is 13.2 Å². The molecule has 0 fully saturated rings. The Balaban J connectivity index is 3.49. The highest BCUT2D eigenvalue weighted by Crippen LogP contribution is 2.06. The van der Waals surface area contributed by atoms with E-state index >= 15 is 0 Å². The van der Waals surface area contributed by atoms with Crippen LogP contribution in [-0.4, -0.2) is 37.0 Å². The van der Waals surface area contributed by atoms with Crippen LogP contribution in [-0.2, 0) is 14.3 Å². The average molecular weight is 409 g/mol. The number of aliphatic hydroxyl groups is 1. The first kappa shape index (κ1) is 27.6. The van der Waals surface area contributed by atoms with Crippen molar-refractivity contribution in [3.05, 3.63) is 36.5 Å². The fourth-order valence-electron chi connectivity index (χ4n) is 2.75. The first-order valence-corrected chi connectivity index (χ1v) is 11.6. The molecule has 0 aliphatic carbocycles. The molecular weight excluding hydrogens is 364 g/mol. The molecule has 4 nitrogen and oxygen atoms in total. The van der Waals surface area contributed by atoms with Crippen LogP contribution in [0.5, 0.6) is 0 Å². The maximum absolute atomic E-state index is 11.7. The van der Waals surface area contributed by atoms with Gasteiger partial charge < -0.3 is 14.6 Å². The Kier molecular flexibility index (Phi) is 21.8. The maximum atomic E-state index is 11.7. The predicted octanol–water partition coefficient (Wildman–Crippen LogP) is 6.30. The van der Waals surface area contributed by atoms with Gasteiger partial charge in [-0.2, -0.15) is 0 Å². The van der Waals surface area contributed by atoms with Gasteiger partial charge in [0, 0.05) is 13.0 Å². The molecule has 0 aromatic rings. The summed E-state index contributed by atoms with van der Waals surface area (Å²) in [5, 5.41) is 9.30. The van der Waals surface area contributed by atoms with E-state index in [1.807, 2.05) is 0 Å². The van der Waals surface area contributed by atoms with Gasteiger partial charge in [0.1, 0.15) is 6.10 Å². The van der Waals surface area contributed by atoms with Gasteiger partial charge in [-0.05, 0) is 44.9 Å². The first-order chi connectivity index (χ1) is 14.2. The number of allylic oxidation sites excluding steroid dienone is 6. The van der Waals surface area contributed by atoms with Gasteiger partial charge in [-0.25, -0.2) is 0 Å². The van der Waals surface area contributed by atoms with Gasteiger partial charge in [0.15, 0.2) is 0 Å². The van der Waals surface area contributed by atoms with Crippen LogP contribution >= 0.6 is 0 Å². The number of rotatable bonds is 20. The van der Waals surface area contributed by atoms with E-state index in [0.717, 1.165) is 57.8 Å². The molecule has 0 aromatic heterocycles. The molecule has 0 heterocycles. The lowest BCUT2D eigenvalue weighted by molar-refractivity contribution is -0.154. The van der Waals surface area contributed by atoms with Crippen molar-refractivity contribution >= 4 is 5.97 Å². The highest BCUT2D eigenvalue weighted by Gasteiger charge is 2.13. The van der Waals surface area contributed by atoms with Crippen molar-refractivity contribution < 1.29 is 19.4 Å². The zero-order valence-electron chi connectivity index (χ0n) is 18.8. The minimum Gasteiger partial charge on any atom is -0.457 e. The van der Waals surface area contributed by atoms with Gasteiger partial charge in [0.2, 0.25) is 0 Å². The lowest BCUT2D eigenvalue weighted by Gasteiger charge is -2.15. The SMILES string of the molecule is CC/C=C\C/C=C\C/C=C\CCCCCCOCC(CO)OC(=O)CCCCC. The molecule has 4 heteroatoms. The molecule has 29 heavy (non-hydrogen) atoms. The second-order valence-corrected chi connectivity index (χ2v) is 7.32. The number of carbonyl (C=O) groups excluding carboxylic acids is 1. The van der Waals surface area contributed by atoms with E-state index in [-0.39, 0.29) is 19.2 Å². The highest BCUT2D eigenvalue weighted by molar-refractivity contribution is 5.69. The summed E-state index contributed by atoms with van der Waals surface area (Å²) in [5.41, 5.74) is 0. The zero-order chi connectivity index (χ0) is 21.4. The van der Waals surface area contributed by atoms with Gasteiger partial charge >= 0.3 is 5.97 Å². The number of esters is 1. The lowest BCUT2D eigenvalue weighted by Crippen LogP contribution is -2.27. The smallest absolute Gasteiger partial charge is 0.306 e. The van der Waals surface area contributed by atoms with Crippen molar-refractivity contribution in [3.63, 3.8) is 0 Å².